The Labute approximate surface area is 207 Å². The lowest BCUT2D eigenvalue weighted by Crippen LogP contribution is -2.51. The fraction of sp³-hybridized carbons (Fsp3) is 0.429. The van der Waals surface area contributed by atoms with Crippen molar-refractivity contribution in [2.45, 2.75) is 65.0 Å². The first kappa shape index (κ1) is 26.1. The Bertz CT molecular complexity index is 1020. The van der Waals surface area contributed by atoms with Gasteiger partial charge in [0.25, 0.3) is 11.8 Å². The molecule has 0 spiro atoms. The van der Waals surface area contributed by atoms with Gasteiger partial charge in [-0.25, -0.2) is 0 Å². The minimum atomic E-state index is -0.570. The van der Waals surface area contributed by atoms with Gasteiger partial charge in [-0.15, -0.1) is 0 Å². The first-order valence-corrected chi connectivity index (χ1v) is 12.5. The van der Waals surface area contributed by atoms with E-state index < -0.39 is 6.04 Å². The third-order valence-corrected chi connectivity index (χ3v) is 6.52. The summed E-state index contributed by atoms with van der Waals surface area (Å²) in [6, 6.07) is 16.1. The number of hydrogen-bond donors (Lipinski definition) is 1. The number of nitrogens with zero attached hydrogens (tertiary/aromatic N) is 2. The van der Waals surface area contributed by atoms with Crippen LogP contribution in [-0.4, -0.2) is 58.6 Å². The molecular weight excluding hydrogens is 442 g/mol. The van der Waals surface area contributed by atoms with Crippen molar-refractivity contribution in [2.75, 3.05) is 13.1 Å². The molecular formula is C28H35N3O4. The predicted molar refractivity (Wildman–Crippen MR) is 135 cm³/mol. The van der Waals surface area contributed by atoms with Gasteiger partial charge in [-0.3, -0.25) is 24.1 Å². The van der Waals surface area contributed by atoms with E-state index >= 15 is 0 Å². The molecule has 2 aromatic carbocycles. The number of amides is 4. The molecule has 1 aliphatic heterocycles. The van der Waals surface area contributed by atoms with Crippen molar-refractivity contribution in [3.05, 3.63) is 71.3 Å². The molecule has 0 aliphatic carbocycles. The molecule has 0 aromatic heterocycles. The van der Waals surface area contributed by atoms with Crippen LogP contribution in [0.5, 0.6) is 0 Å². The fourth-order valence-corrected chi connectivity index (χ4v) is 4.31. The first-order valence-electron chi connectivity index (χ1n) is 12.5. The Balaban J connectivity index is 1.66. The van der Waals surface area contributed by atoms with Crippen molar-refractivity contribution in [2.24, 2.45) is 0 Å². The molecule has 2 unspecified atom stereocenters. The van der Waals surface area contributed by atoms with Crippen LogP contribution in [0, 0.1) is 0 Å². The highest BCUT2D eigenvalue weighted by Crippen LogP contribution is 2.23. The average molecular weight is 478 g/mol. The molecule has 2 atom stereocenters. The van der Waals surface area contributed by atoms with Crippen molar-refractivity contribution in [1.82, 2.24) is 15.1 Å². The van der Waals surface area contributed by atoms with Gasteiger partial charge >= 0.3 is 0 Å². The van der Waals surface area contributed by atoms with Crippen LogP contribution in [-0.2, 0) is 16.0 Å². The maximum absolute atomic E-state index is 13.3. The highest BCUT2D eigenvalue weighted by atomic mass is 16.2. The maximum Gasteiger partial charge on any atom is 0.261 e. The zero-order valence-electron chi connectivity index (χ0n) is 20.8. The molecule has 0 saturated carbocycles. The fourth-order valence-electron chi connectivity index (χ4n) is 4.31. The van der Waals surface area contributed by atoms with Gasteiger partial charge in [-0.05, 0) is 50.3 Å². The van der Waals surface area contributed by atoms with Crippen LogP contribution >= 0.6 is 0 Å². The van der Waals surface area contributed by atoms with Gasteiger partial charge in [0.1, 0.15) is 6.04 Å². The van der Waals surface area contributed by atoms with E-state index in [1.165, 1.54) is 4.90 Å². The maximum atomic E-state index is 13.3. The van der Waals surface area contributed by atoms with E-state index in [1.807, 2.05) is 51.1 Å². The Hall–Kier alpha value is -3.48. The number of nitrogens with one attached hydrogen (secondary N) is 1. The molecule has 186 valence electrons. The second-order valence-corrected chi connectivity index (χ2v) is 8.98. The van der Waals surface area contributed by atoms with Crippen LogP contribution in [0.1, 0.15) is 72.7 Å². The summed E-state index contributed by atoms with van der Waals surface area (Å²) in [7, 11) is 0. The Kier molecular flexibility index (Phi) is 9.18. The third-order valence-electron chi connectivity index (χ3n) is 6.52. The molecule has 0 fully saturated rings. The van der Waals surface area contributed by atoms with E-state index in [0.717, 1.165) is 12.0 Å². The number of rotatable bonds is 12. The van der Waals surface area contributed by atoms with E-state index in [4.69, 9.17) is 0 Å². The Morgan fingerprint density at radius 1 is 0.914 bits per heavy atom. The van der Waals surface area contributed by atoms with E-state index in [-0.39, 0.29) is 42.6 Å². The molecule has 3 rings (SSSR count). The lowest BCUT2D eigenvalue weighted by atomic mass is 10.1. The van der Waals surface area contributed by atoms with Crippen LogP contribution in [0.3, 0.4) is 0 Å². The second-order valence-electron chi connectivity index (χ2n) is 8.98. The summed E-state index contributed by atoms with van der Waals surface area (Å²) >= 11 is 0. The van der Waals surface area contributed by atoms with E-state index in [0.29, 0.717) is 36.9 Å². The summed E-state index contributed by atoms with van der Waals surface area (Å²) in [5.41, 5.74) is 1.90. The molecule has 0 saturated heterocycles. The van der Waals surface area contributed by atoms with E-state index in [1.54, 1.807) is 29.2 Å². The van der Waals surface area contributed by atoms with E-state index in [2.05, 4.69) is 5.32 Å². The third kappa shape index (κ3) is 6.35. The molecule has 4 amide bonds. The summed E-state index contributed by atoms with van der Waals surface area (Å²) in [4.78, 5) is 54.4. The smallest absolute Gasteiger partial charge is 0.261 e. The minimum Gasteiger partial charge on any atom is -0.352 e. The topological polar surface area (TPSA) is 86.8 Å². The van der Waals surface area contributed by atoms with Crippen LogP contribution in [0.2, 0.25) is 0 Å². The number of carbonyl (C=O) groups is 4. The first-order chi connectivity index (χ1) is 16.9. The summed E-state index contributed by atoms with van der Waals surface area (Å²) in [5.74, 6) is -0.941. The van der Waals surface area contributed by atoms with Crippen molar-refractivity contribution in [3.63, 3.8) is 0 Å². The lowest BCUT2D eigenvalue weighted by molar-refractivity contribution is -0.141. The Morgan fingerprint density at radius 2 is 1.51 bits per heavy atom. The van der Waals surface area contributed by atoms with Crippen molar-refractivity contribution < 1.29 is 19.2 Å². The number of fused-ring (bicyclic) bond motifs is 1. The summed E-state index contributed by atoms with van der Waals surface area (Å²) in [6.07, 6.45) is 2.44. The van der Waals surface area contributed by atoms with E-state index in [9.17, 15) is 19.2 Å². The van der Waals surface area contributed by atoms with Crippen LogP contribution in [0.15, 0.2) is 54.6 Å². The highest BCUT2D eigenvalue weighted by Gasteiger charge is 2.35. The Morgan fingerprint density at radius 3 is 2.09 bits per heavy atom. The standard InChI is InChI=1S/C28H35N3O4/c1-4-20(3)29-26(33)24(5-2)30(19-17-21-12-7-6-8-13-21)25(32)16-11-18-31-27(34)22-14-9-10-15-23(22)28(31)35/h6-10,12-15,20,24H,4-5,11,16-19H2,1-3H3,(H,29,33). The van der Waals surface area contributed by atoms with Crippen molar-refractivity contribution in [1.29, 1.82) is 0 Å². The lowest BCUT2D eigenvalue weighted by Gasteiger charge is -2.31. The zero-order chi connectivity index (χ0) is 25.4. The number of imide groups is 1. The summed E-state index contributed by atoms with van der Waals surface area (Å²) in [5, 5.41) is 3.01. The van der Waals surface area contributed by atoms with Crippen LogP contribution in [0.25, 0.3) is 0 Å². The second kappa shape index (κ2) is 12.3. The van der Waals surface area contributed by atoms with Gasteiger partial charge in [0, 0.05) is 25.6 Å². The quantitative estimate of drug-likeness (QED) is 0.471. The predicted octanol–water partition coefficient (Wildman–Crippen LogP) is 3.83. The number of benzene rings is 2. The number of hydrogen-bond acceptors (Lipinski definition) is 4. The molecule has 0 radical (unpaired) electrons. The normalized spacial score (nSPS) is 14.4. The van der Waals surface area contributed by atoms with Crippen LogP contribution in [0.4, 0.5) is 0 Å². The average Bonchev–Trinajstić information content (AvgIpc) is 3.11. The van der Waals surface area contributed by atoms with Crippen LogP contribution < -0.4 is 5.32 Å². The number of carbonyl (C=O) groups excluding carboxylic acids is 4. The highest BCUT2D eigenvalue weighted by molar-refractivity contribution is 6.21. The molecule has 35 heavy (non-hydrogen) atoms. The van der Waals surface area contributed by atoms with Gasteiger partial charge in [-0.2, -0.15) is 0 Å². The van der Waals surface area contributed by atoms with Gasteiger partial charge in [0.2, 0.25) is 11.8 Å². The van der Waals surface area contributed by atoms with Gasteiger partial charge < -0.3 is 10.2 Å². The summed E-state index contributed by atoms with van der Waals surface area (Å²) in [6.45, 7) is 6.44. The molecule has 1 N–H and O–H groups in total. The molecule has 0 bridgehead atoms. The SMILES string of the molecule is CCC(C)NC(=O)C(CC)N(CCc1ccccc1)C(=O)CCCN1C(=O)c2ccccc2C1=O. The molecule has 1 aliphatic rings. The minimum absolute atomic E-state index is 0.0245. The summed E-state index contributed by atoms with van der Waals surface area (Å²) < 4.78 is 0. The molecule has 7 nitrogen and oxygen atoms in total. The zero-order valence-corrected chi connectivity index (χ0v) is 20.8. The van der Waals surface area contributed by atoms with Gasteiger partial charge in [0.15, 0.2) is 0 Å². The van der Waals surface area contributed by atoms with Crippen molar-refractivity contribution in [3.8, 4) is 0 Å². The monoisotopic (exact) mass is 477 g/mol. The van der Waals surface area contributed by atoms with Crippen molar-refractivity contribution >= 4 is 23.6 Å². The van der Waals surface area contributed by atoms with Gasteiger partial charge in [0.05, 0.1) is 11.1 Å². The molecule has 2 aromatic rings. The van der Waals surface area contributed by atoms with Gasteiger partial charge in [-0.1, -0.05) is 56.3 Å². The largest absolute Gasteiger partial charge is 0.352 e. The molecule has 1 heterocycles. The molecule has 7 heteroatoms.